The Balaban J connectivity index is 1.44. The molecule has 3 N–H and O–H groups in total. The maximum Gasteiger partial charge on any atom is 0.146 e. The Morgan fingerprint density at radius 2 is 2.12 bits per heavy atom. The summed E-state index contributed by atoms with van der Waals surface area (Å²) in [6.45, 7) is 3.72. The number of benzene rings is 1. The molecule has 1 atom stereocenters. The Morgan fingerprint density at radius 3 is 2.91 bits per heavy atom. The molecule has 3 heterocycles. The van der Waals surface area contributed by atoms with Crippen LogP contribution in [-0.2, 0) is 6.54 Å². The number of rotatable bonds is 8. The molecule has 4 rings (SSSR count). The van der Waals surface area contributed by atoms with Crippen LogP contribution in [0.15, 0.2) is 89.1 Å². The molecule has 1 fully saturated rings. The molecule has 0 bridgehead atoms. The molecule has 1 aromatic heterocycles. The van der Waals surface area contributed by atoms with Crippen molar-refractivity contribution < 1.29 is 0 Å². The van der Waals surface area contributed by atoms with Gasteiger partial charge in [-0.15, -0.1) is 0 Å². The van der Waals surface area contributed by atoms with Gasteiger partial charge in [-0.3, -0.25) is 9.88 Å². The van der Waals surface area contributed by atoms with E-state index in [1.807, 2.05) is 26.2 Å². The first-order chi connectivity index (χ1) is 16.2. The minimum absolute atomic E-state index is 0.370. The van der Waals surface area contributed by atoms with Gasteiger partial charge in [0.1, 0.15) is 19.5 Å². The van der Waals surface area contributed by atoms with Crippen molar-refractivity contribution in [1.82, 2.24) is 20.5 Å². The monoisotopic (exact) mass is 438 g/mol. The van der Waals surface area contributed by atoms with Crippen LogP contribution >= 0.6 is 0 Å². The van der Waals surface area contributed by atoms with Crippen LogP contribution in [0, 0.1) is 11.3 Å². The molecular formula is C26H31BN6. The summed E-state index contributed by atoms with van der Waals surface area (Å²) < 4.78 is 0. The molecule has 1 aromatic carbocycles. The van der Waals surface area contributed by atoms with E-state index in [4.69, 9.17) is 10.4 Å². The molecule has 0 spiro atoms. The summed E-state index contributed by atoms with van der Waals surface area (Å²) in [5, 5.41) is 14.5. The second kappa shape index (κ2) is 11.4. The van der Waals surface area contributed by atoms with Crippen molar-refractivity contribution >= 4 is 25.8 Å². The van der Waals surface area contributed by atoms with Gasteiger partial charge in [-0.1, -0.05) is 48.6 Å². The first-order valence-electron chi connectivity index (χ1n) is 11.6. The van der Waals surface area contributed by atoms with E-state index in [1.165, 1.54) is 11.8 Å². The number of likely N-dealkylation sites (tertiary alicyclic amines) is 1. The average molecular weight is 438 g/mol. The lowest BCUT2D eigenvalue weighted by Gasteiger charge is -2.33. The summed E-state index contributed by atoms with van der Waals surface area (Å²) in [5.41, 5.74) is 4.25. The minimum atomic E-state index is 0.370. The number of hydrogen-bond donors (Lipinski definition) is 3. The van der Waals surface area contributed by atoms with Gasteiger partial charge in [-0.05, 0) is 42.1 Å². The van der Waals surface area contributed by atoms with E-state index in [0.29, 0.717) is 12.5 Å². The minimum Gasteiger partial charge on any atom is -0.367 e. The van der Waals surface area contributed by atoms with E-state index in [1.54, 1.807) is 6.20 Å². The highest BCUT2D eigenvalue weighted by molar-refractivity contribution is 6.33. The lowest BCUT2D eigenvalue weighted by Crippen LogP contribution is -2.40. The highest BCUT2D eigenvalue weighted by Crippen LogP contribution is 2.22. The van der Waals surface area contributed by atoms with Crippen molar-refractivity contribution in [2.45, 2.75) is 19.4 Å². The second-order valence-corrected chi connectivity index (χ2v) is 8.52. The molecular weight excluding hydrogens is 407 g/mol. The molecule has 33 heavy (non-hydrogen) atoms. The van der Waals surface area contributed by atoms with Gasteiger partial charge in [0.05, 0.1) is 5.71 Å². The third kappa shape index (κ3) is 6.52. The third-order valence-electron chi connectivity index (χ3n) is 5.98. The molecule has 0 aliphatic carbocycles. The Labute approximate surface area is 197 Å². The van der Waals surface area contributed by atoms with Crippen LogP contribution in [0.3, 0.4) is 0 Å². The summed E-state index contributed by atoms with van der Waals surface area (Å²) in [5.74, 6) is 2.04. The predicted octanol–water partition coefficient (Wildman–Crippen LogP) is 2.93. The summed E-state index contributed by atoms with van der Waals surface area (Å²) in [6.07, 6.45) is 13.9. The molecule has 2 aliphatic rings. The lowest BCUT2D eigenvalue weighted by atomic mass is 9.91. The van der Waals surface area contributed by atoms with E-state index in [0.717, 1.165) is 60.9 Å². The Morgan fingerprint density at radius 1 is 1.24 bits per heavy atom. The van der Waals surface area contributed by atoms with Gasteiger partial charge in [-0.2, -0.15) is 0 Å². The fourth-order valence-corrected chi connectivity index (χ4v) is 4.13. The molecule has 1 saturated heterocycles. The van der Waals surface area contributed by atoms with Crippen molar-refractivity contribution in [3.8, 4) is 0 Å². The van der Waals surface area contributed by atoms with Gasteiger partial charge in [0.15, 0.2) is 0 Å². The zero-order valence-corrected chi connectivity index (χ0v) is 19.2. The highest BCUT2D eigenvalue weighted by atomic mass is 15.2. The molecule has 168 valence electrons. The van der Waals surface area contributed by atoms with Crippen LogP contribution in [0.5, 0.6) is 0 Å². The van der Waals surface area contributed by atoms with Crippen molar-refractivity contribution in [2.75, 3.05) is 19.6 Å². The van der Waals surface area contributed by atoms with E-state index in [-0.39, 0.29) is 0 Å². The maximum atomic E-state index is 7.68. The third-order valence-corrected chi connectivity index (χ3v) is 5.98. The zero-order chi connectivity index (χ0) is 22.9. The number of nitrogens with one attached hydrogen (secondary N) is 3. The molecule has 6 nitrogen and oxygen atoms in total. The normalized spacial score (nSPS) is 20.5. The first kappa shape index (κ1) is 22.7. The fourth-order valence-electron chi connectivity index (χ4n) is 4.13. The van der Waals surface area contributed by atoms with Gasteiger partial charge in [0, 0.05) is 50.2 Å². The summed E-state index contributed by atoms with van der Waals surface area (Å²) >= 11 is 0. The van der Waals surface area contributed by atoms with Crippen molar-refractivity contribution in [1.29, 1.82) is 5.41 Å². The van der Waals surface area contributed by atoms with E-state index in [2.05, 4.69) is 69.1 Å². The molecule has 2 aromatic rings. The first-order valence-corrected chi connectivity index (χ1v) is 11.6. The smallest absolute Gasteiger partial charge is 0.146 e. The molecule has 0 radical (unpaired) electrons. The van der Waals surface area contributed by atoms with Crippen LogP contribution in [0.25, 0.3) is 6.08 Å². The van der Waals surface area contributed by atoms with E-state index in [9.17, 15) is 0 Å². The standard InChI is InChI=1S/C26H31BN6/c27-23(16-28)26-31-24(15-25(32-26)30-18-21-9-4-12-29-17-21)22-11-6-14-33(19-22)13-5-10-20-7-2-1-3-8-20/h1-5,7-10,12,15-17,22,28,30,32H,6,11,13-14,18-19,27H2/b10-5+,26-23+,28-16?. The Kier molecular flexibility index (Phi) is 7.87. The Hall–Kier alpha value is -3.45. The van der Waals surface area contributed by atoms with Crippen LogP contribution < -0.4 is 10.6 Å². The van der Waals surface area contributed by atoms with Crippen LogP contribution in [0.4, 0.5) is 0 Å². The quantitative estimate of drug-likeness (QED) is 0.438. The van der Waals surface area contributed by atoms with Crippen molar-refractivity contribution in [3.05, 3.63) is 95.3 Å². The summed E-state index contributed by atoms with van der Waals surface area (Å²) in [4.78, 5) is 11.6. The predicted molar refractivity (Wildman–Crippen MR) is 139 cm³/mol. The SMILES string of the molecule is B/C(C=N)=C1\N=C(C2CCCN(C/C=C/c3ccccc3)C2)C=C(NCc2cccnc2)N1. The number of aliphatic imine (C=N–C) groups is 1. The second-order valence-electron chi connectivity index (χ2n) is 8.52. The fraction of sp³-hybridized carbons (Fsp3) is 0.269. The number of hydrogen-bond acceptors (Lipinski definition) is 6. The number of allylic oxidation sites excluding steroid dienone is 2. The van der Waals surface area contributed by atoms with Crippen LogP contribution in [0.1, 0.15) is 24.0 Å². The number of piperidine rings is 1. The largest absolute Gasteiger partial charge is 0.367 e. The highest BCUT2D eigenvalue weighted by Gasteiger charge is 2.25. The summed E-state index contributed by atoms with van der Waals surface area (Å²) in [7, 11) is 1.92. The van der Waals surface area contributed by atoms with Gasteiger partial charge < -0.3 is 16.0 Å². The number of nitrogens with zero attached hydrogens (tertiary/aromatic N) is 3. The van der Waals surface area contributed by atoms with Gasteiger partial charge >= 0.3 is 0 Å². The molecule has 2 aliphatic heterocycles. The Bertz CT molecular complexity index is 1060. The molecule has 0 saturated carbocycles. The average Bonchev–Trinajstić information content (AvgIpc) is 2.88. The topological polar surface area (TPSA) is 76.4 Å². The van der Waals surface area contributed by atoms with Crippen LogP contribution in [0.2, 0.25) is 0 Å². The molecule has 7 heteroatoms. The molecule has 1 unspecified atom stereocenters. The van der Waals surface area contributed by atoms with Gasteiger partial charge in [0.2, 0.25) is 0 Å². The van der Waals surface area contributed by atoms with E-state index >= 15 is 0 Å². The zero-order valence-electron chi connectivity index (χ0n) is 19.2. The van der Waals surface area contributed by atoms with Gasteiger partial charge in [-0.25, -0.2) is 4.99 Å². The maximum absolute atomic E-state index is 7.68. The number of pyridine rings is 1. The van der Waals surface area contributed by atoms with Gasteiger partial charge in [0.25, 0.3) is 0 Å². The summed E-state index contributed by atoms with van der Waals surface area (Å²) in [6, 6.07) is 14.4. The molecule has 0 amide bonds. The lowest BCUT2D eigenvalue weighted by molar-refractivity contribution is 0.224. The van der Waals surface area contributed by atoms with Crippen molar-refractivity contribution in [3.63, 3.8) is 0 Å². The van der Waals surface area contributed by atoms with Crippen LogP contribution in [-0.4, -0.2) is 49.3 Å². The number of aromatic nitrogens is 1. The van der Waals surface area contributed by atoms with E-state index < -0.39 is 0 Å². The van der Waals surface area contributed by atoms with Crippen molar-refractivity contribution in [2.24, 2.45) is 10.9 Å².